The third kappa shape index (κ3) is 4.92. The van der Waals surface area contributed by atoms with E-state index in [2.05, 4.69) is 10.3 Å². The van der Waals surface area contributed by atoms with Crippen molar-refractivity contribution in [1.29, 1.82) is 0 Å². The molecule has 1 amide bonds. The van der Waals surface area contributed by atoms with Crippen LogP contribution in [0, 0.1) is 27.7 Å². The summed E-state index contributed by atoms with van der Waals surface area (Å²) in [5, 5.41) is 4.79. The molecule has 0 aliphatic carbocycles. The Hall–Kier alpha value is -2.93. The van der Waals surface area contributed by atoms with Gasteiger partial charge in [0.2, 0.25) is 5.89 Å². The van der Waals surface area contributed by atoms with E-state index >= 15 is 0 Å². The lowest BCUT2D eigenvalue weighted by molar-refractivity contribution is -0.152. The SMILES string of the molecule is Cc1cc(C)c(NC(=O)C(C)OC(=O)Cc2nc(-c3cccs3)oc2C)c(C)c1. The number of rotatable bonds is 6. The van der Waals surface area contributed by atoms with Gasteiger partial charge in [-0.1, -0.05) is 23.8 Å². The molecule has 0 saturated heterocycles. The van der Waals surface area contributed by atoms with E-state index in [0.717, 1.165) is 27.3 Å². The Bertz CT molecular complexity index is 1010. The van der Waals surface area contributed by atoms with Gasteiger partial charge in [-0.3, -0.25) is 9.59 Å². The van der Waals surface area contributed by atoms with Gasteiger partial charge in [0.15, 0.2) is 6.10 Å². The number of nitrogens with one attached hydrogen (secondary N) is 1. The first-order valence-corrected chi connectivity index (χ1v) is 10.2. The third-order valence-corrected chi connectivity index (χ3v) is 5.40. The Morgan fingerprint density at radius 2 is 1.90 bits per heavy atom. The van der Waals surface area contributed by atoms with Gasteiger partial charge in [0, 0.05) is 5.69 Å². The molecule has 3 rings (SSSR count). The number of aryl methyl sites for hydroxylation is 4. The summed E-state index contributed by atoms with van der Waals surface area (Å²) >= 11 is 1.51. The van der Waals surface area contributed by atoms with Crippen LogP contribution >= 0.6 is 11.3 Å². The number of carbonyl (C=O) groups is 2. The van der Waals surface area contributed by atoms with E-state index in [1.807, 2.05) is 50.4 Å². The molecule has 29 heavy (non-hydrogen) atoms. The Kier molecular flexibility index (Phi) is 6.17. The highest BCUT2D eigenvalue weighted by Crippen LogP contribution is 2.26. The maximum atomic E-state index is 12.5. The molecule has 7 heteroatoms. The number of benzene rings is 1. The zero-order valence-electron chi connectivity index (χ0n) is 17.2. The maximum Gasteiger partial charge on any atom is 0.312 e. The third-order valence-electron chi connectivity index (χ3n) is 4.54. The second-order valence-corrected chi connectivity index (χ2v) is 8.02. The predicted octanol–water partition coefficient (Wildman–Crippen LogP) is 4.75. The molecule has 0 aliphatic rings. The maximum absolute atomic E-state index is 12.5. The van der Waals surface area contributed by atoms with Crippen molar-refractivity contribution in [3.05, 3.63) is 57.8 Å². The molecule has 0 fully saturated rings. The number of hydrogen-bond acceptors (Lipinski definition) is 6. The molecule has 1 unspecified atom stereocenters. The van der Waals surface area contributed by atoms with Gasteiger partial charge in [0.1, 0.15) is 5.76 Å². The molecule has 1 aromatic carbocycles. The number of ether oxygens (including phenoxy) is 1. The second-order valence-electron chi connectivity index (χ2n) is 7.07. The first-order chi connectivity index (χ1) is 13.7. The number of thiophene rings is 1. The Morgan fingerprint density at radius 1 is 1.21 bits per heavy atom. The molecule has 152 valence electrons. The van der Waals surface area contributed by atoms with E-state index in [1.165, 1.54) is 11.3 Å². The van der Waals surface area contributed by atoms with Crippen molar-refractivity contribution < 1.29 is 18.7 Å². The molecule has 0 bridgehead atoms. The van der Waals surface area contributed by atoms with Crippen molar-refractivity contribution in [2.75, 3.05) is 5.32 Å². The topological polar surface area (TPSA) is 81.4 Å². The van der Waals surface area contributed by atoms with Gasteiger partial charge >= 0.3 is 5.97 Å². The average Bonchev–Trinajstić information content (AvgIpc) is 3.28. The molecule has 0 spiro atoms. The molecule has 6 nitrogen and oxygen atoms in total. The molecule has 2 heterocycles. The van der Waals surface area contributed by atoms with Crippen molar-refractivity contribution in [1.82, 2.24) is 4.98 Å². The molecular weight excluding hydrogens is 388 g/mol. The summed E-state index contributed by atoms with van der Waals surface area (Å²) in [7, 11) is 0. The van der Waals surface area contributed by atoms with E-state index in [4.69, 9.17) is 9.15 Å². The van der Waals surface area contributed by atoms with E-state index < -0.39 is 12.1 Å². The number of oxazole rings is 1. The van der Waals surface area contributed by atoms with Gasteiger partial charge in [-0.2, -0.15) is 0 Å². The Balaban J connectivity index is 1.61. The summed E-state index contributed by atoms with van der Waals surface area (Å²) in [4.78, 5) is 30.1. The monoisotopic (exact) mass is 412 g/mol. The number of anilines is 1. The summed E-state index contributed by atoms with van der Waals surface area (Å²) in [5.41, 5.74) is 4.32. The van der Waals surface area contributed by atoms with Crippen molar-refractivity contribution in [2.24, 2.45) is 0 Å². The number of aromatic nitrogens is 1. The average molecular weight is 413 g/mol. The van der Waals surface area contributed by atoms with Gasteiger partial charge in [-0.05, 0) is 57.2 Å². The summed E-state index contributed by atoms with van der Waals surface area (Å²) in [6.45, 7) is 9.19. The van der Waals surface area contributed by atoms with Crippen molar-refractivity contribution in [3.8, 4) is 10.8 Å². The van der Waals surface area contributed by atoms with Gasteiger partial charge in [0.05, 0.1) is 17.0 Å². The van der Waals surface area contributed by atoms with E-state index in [-0.39, 0.29) is 12.3 Å². The molecule has 3 aromatic rings. The largest absolute Gasteiger partial charge is 0.452 e. The van der Waals surface area contributed by atoms with Crippen LogP contribution in [0.25, 0.3) is 10.8 Å². The van der Waals surface area contributed by atoms with Crippen LogP contribution in [-0.2, 0) is 20.7 Å². The highest BCUT2D eigenvalue weighted by molar-refractivity contribution is 7.13. The molecule has 0 radical (unpaired) electrons. The summed E-state index contributed by atoms with van der Waals surface area (Å²) in [5.74, 6) is 0.147. The number of esters is 1. The minimum absolute atomic E-state index is 0.0546. The lowest BCUT2D eigenvalue weighted by atomic mass is 10.0. The second kappa shape index (κ2) is 8.61. The number of hydrogen-bond donors (Lipinski definition) is 1. The lowest BCUT2D eigenvalue weighted by Crippen LogP contribution is -2.31. The fourth-order valence-electron chi connectivity index (χ4n) is 3.13. The van der Waals surface area contributed by atoms with Crippen LogP contribution in [0.4, 0.5) is 5.69 Å². The van der Waals surface area contributed by atoms with Crippen LogP contribution in [-0.4, -0.2) is 23.0 Å². The van der Waals surface area contributed by atoms with E-state index in [0.29, 0.717) is 17.3 Å². The molecular formula is C22H24N2O4S. The van der Waals surface area contributed by atoms with Gasteiger partial charge in [0.25, 0.3) is 5.91 Å². The van der Waals surface area contributed by atoms with Crippen LogP contribution in [0.2, 0.25) is 0 Å². The smallest absolute Gasteiger partial charge is 0.312 e. The number of carbonyl (C=O) groups excluding carboxylic acids is 2. The van der Waals surface area contributed by atoms with E-state index in [9.17, 15) is 9.59 Å². The zero-order chi connectivity index (χ0) is 21.1. The number of amides is 1. The van der Waals surface area contributed by atoms with E-state index in [1.54, 1.807) is 13.8 Å². The van der Waals surface area contributed by atoms with Gasteiger partial charge < -0.3 is 14.5 Å². The van der Waals surface area contributed by atoms with Gasteiger partial charge in [-0.15, -0.1) is 11.3 Å². The highest BCUT2D eigenvalue weighted by atomic mass is 32.1. The standard InChI is InChI=1S/C22H24N2O4S/c1-12-9-13(2)20(14(3)10-12)24-21(26)16(5)27-19(25)11-17-15(4)28-22(23-17)18-7-6-8-29-18/h6-10,16H,11H2,1-5H3,(H,24,26). The van der Waals surface area contributed by atoms with Crippen molar-refractivity contribution >= 4 is 28.9 Å². The van der Waals surface area contributed by atoms with Crippen LogP contribution in [0.3, 0.4) is 0 Å². The molecule has 1 N–H and O–H groups in total. The summed E-state index contributed by atoms with van der Waals surface area (Å²) < 4.78 is 11.0. The summed E-state index contributed by atoms with van der Waals surface area (Å²) in [6.07, 6.45) is -0.979. The minimum atomic E-state index is -0.924. The zero-order valence-corrected chi connectivity index (χ0v) is 18.0. The normalized spacial score (nSPS) is 11.9. The van der Waals surface area contributed by atoms with Gasteiger partial charge in [-0.25, -0.2) is 4.98 Å². The predicted molar refractivity (Wildman–Crippen MR) is 113 cm³/mol. The van der Waals surface area contributed by atoms with Crippen molar-refractivity contribution in [2.45, 2.75) is 47.1 Å². The van der Waals surface area contributed by atoms with Crippen molar-refractivity contribution in [3.63, 3.8) is 0 Å². The lowest BCUT2D eigenvalue weighted by Gasteiger charge is -2.16. The quantitative estimate of drug-likeness (QED) is 0.591. The first kappa shape index (κ1) is 20.8. The number of nitrogens with zero attached hydrogens (tertiary/aromatic N) is 1. The van der Waals surface area contributed by atoms with Crippen LogP contribution in [0.15, 0.2) is 34.1 Å². The minimum Gasteiger partial charge on any atom is -0.452 e. The Morgan fingerprint density at radius 3 is 2.52 bits per heavy atom. The molecule has 2 aromatic heterocycles. The molecule has 0 aliphatic heterocycles. The molecule has 0 saturated carbocycles. The molecule has 1 atom stereocenters. The summed E-state index contributed by atoms with van der Waals surface area (Å²) in [6, 6.07) is 7.81. The first-order valence-electron chi connectivity index (χ1n) is 9.33. The fraction of sp³-hybridized carbons (Fsp3) is 0.318. The highest BCUT2D eigenvalue weighted by Gasteiger charge is 2.22. The van der Waals surface area contributed by atoms with Crippen LogP contribution in [0.1, 0.15) is 35.1 Å². The fourth-order valence-corrected chi connectivity index (χ4v) is 3.78. The Labute approximate surface area is 173 Å². The van der Waals surface area contributed by atoms with Crippen LogP contribution < -0.4 is 5.32 Å². The van der Waals surface area contributed by atoms with Crippen LogP contribution in [0.5, 0.6) is 0 Å².